The van der Waals surface area contributed by atoms with Crippen molar-refractivity contribution in [3.63, 3.8) is 0 Å². The van der Waals surface area contributed by atoms with Gasteiger partial charge in [-0.3, -0.25) is 0 Å². The molecule has 1 aliphatic rings. The first-order valence-electron chi connectivity index (χ1n) is 4.88. The van der Waals surface area contributed by atoms with Gasteiger partial charge in [0.15, 0.2) is 17.9 Å². The molecule has 82 valence electrons. The first-order chi connectivity index (χ1) is 7.25. The predicted octanol–water partition coefficient (Wildman–Crippen LogP) is 1.89. The summed E-state index contributed by atoms with van der Waals surface area (Å²) in [5, 5.41) is 0. The number of ether oxygens (including phenoxy) is 3. The van der Waals surface area contributed by atoms with Crippen LogP contribution in [-0.4, -0.2) is 26.1 Å². The Morgan fingerprint density at radius 1 is 1.40 bits per heavy atom. The molecule has 2 rings (SSSR count). The van der Waals surface area contributed by atoms with Crippen LogP contribution in [0.1, 0.15) is 5.56 Å². The van der Waals surface area contributed by atoms with Crippen LogP contribution in [0.5, 0.6) is 5.75 Å². The van der Waals surface area contributed by atoms with Crippen LogP contribution in [-0.2, 0) is 9.47 Å². The van der Waals surface area contributed by atoms with Gasteiger partial charge in [-0.2, -0.15) is 0 Å². The average molecular weight is 212 g/mol. The molecule has 0 unspecified atom stereocenters. The van der Waals surface area contributed by atoms with Crippen LogP contribution in [0, 0.1) is 12.7 Å². The van der Waals surface area contributed by atoms with Gasteiger partial charge in [-0.1, -0.05) is 6.07 Å². The molecule has 1 aromatic rings. The maximum Gasteiger partial charge on any atom is 0.191 e. The fourth-order valence-electron chi connectivity index (χ4n) is 1.38. The van der Waals surface area contributed by atoms with Crippen molar-refractivity contribution in [3.05, 3.63) is 29.6 Å². The lowest BCUT2D eigenvalue weighted by Gasteiger charge is -2.11. The van der Waals surface area contributed by atoms with E-state index in [1.54, 1.807) is 12.1 Å². The van der Waals surface area contributed by atoms with Crippen LogP contribution < -0.4 is 4.74 Å². The fourth-order valence-corrected chi connectivity index (χ4v) is 1.38. The largest absolute Gasteiger partial charge is 0.485 e. The lowest BCUT2D eigenvalue weighted by molar-refractivity contribution is -0.0689. The van der Waals surface area contributed by atoms with Crippen molar-refractivity contribution < 1.29 is 18.6 Å². The second kappa shape index (κ2) is 4.59. The SMILES string of the molecule is Cc1ccc(F)c(OCC2OCCO2)c1. The summed E-state index contributed by atoms with van der Waals surface area (Å²) in [6.45, 7) is 3.25. The van der Waals surface area contributed by atoms with E-state index in [0.717, 1.165) is 5.56 Å². The molecule has 1 heterocycles. The second-order valence-corrected chi connectivity index (χ2v) is 3.42. The van der Waals surface area contributed by atoms with Gasteiger partial charge in [0.2, 0.25) is 0 Å². The Balaban J connectivity index is 1.94. The number of rotatable bonds is 3. The molecule has 0 amide bonds. The minimum Gasteiger partial charge on any atom is -0.485 e. The van der Waals surface area contributed by atoms with Gasteiger partial charge in [-0.15, -0.1) is 0 Å². The van der Waals surface area contributed by atoms with E-state index >= 15 is 0 Å². The summed E-state index contributed by atoms with van der Waals surface area (Å²) in [7, 11) is 0. The highest BCUT2D eigenvalue weighted by Gasteiger charge is 2.17. The quantitative estimate of drug-likeness (QED) is 0.765. The first kappa shape index (κ1) is 10.4. The number of halogens is 1. The van der Waals surface area contributed by atoms with Crippen LogP contribution in [0.15, 0.2) is 18.2 Å². The third-order valence-electron chi connectivity index (χ3n) is 2.15. The first-order valence-corrected chi connectivity index (χ1v) is 4.88. The maximum absolute atomic E-state index is 13.2. The van der Waals surface area contributed by atoms with Crippen molar-refractivity contribution >= 4 is 0 Å². The fraction of sp³-hybridized carbons (Fsp3) is 0.455. The lowest BCUT2D eigenvalue weighted by atomic mass is 10.2. The topological polar surface area (TPSA) is 27.7 Å². The average Bonchev–Trinajstić information content (AvgIpc) is 2.72. The van der Waals surface area contributed by atoms with E-state index in [2.05, 4.69) is 0 Å². The monoisotopic (exact) mass is 212 g/mol. The molecule has 1 aromatic carbocycles. The molecule has 0 saturated carbocycles. The Bertz CT molecular complexity index is 335. The van der Waals surface area contributed by atoms with Crippen molar-refractivity contribution in [3.8, 4) is 5.75 Å². The number of aryl methyl sites for hydroxylation is 1. The summed E-state index contributed by atoms with van der Waals surface area (Å²) in [4.78, 5) is 0. The predicted molar refractivity (Wildman–Crippen MR) is 52.3 cm³/mol. The molecule has 15 heavy (non-hydrogen) atoms. The Kier molecular flexibility index (Phi) is 3.18. The van der Waals surface area contributed by atoms with Crippen LogP contribution >= 0.6 is 0 Å². The highest BCUT2D eigenvalue weighted by atomic mass is 19.1. The van der Waals surface area contributed by atoms with Gasteiger partial charge in [-0.05, 0) is 24.6 Å². The zero-order valence-corrected chi connectivity index (χ0v) is 8.53. The van der Waals surface area contributed by atoms with E-state index in [4.69, 9.17) is 14.2 Å². The number of benzene rings is 1. The normalized spacial score (nSPS) is 16.9. The lowest BCUT2D eigenvalue weighted by Crippen LogP contribution is -2.18. The molecule has 3 nitrogen and oxygen atoms in total. The van der Waals surface area contributed by atoms with E-state index in [0.29, 0.717) is 13.2 Å². The van der Waals surface area contributed by atoms with Gasteiger partial charge >= 0.3 is 0 Å². The van der Waals surface area contributed by atoms with E-state index in [1.165, 1.54) is 6.07 Å². The molecule has 0 aliphatic carbocycles. The minimum absolute atomic E-state index is 0.223. The van der Waals surface area contributed by atoms with Gasteiger partial charge in [0.25, 0.3) is 0 Å². The summed E-state index contributed by atoms with van der Waals surface area (Å²) in [5.41, 5.74) is 0.958. The van der Waals surface area contributed by atoms with Gasteiger partial charge in [0, 0.05) is 0 Å². The molecule has 0 aromatic heterocycles. The Morgan fingerprint density at radius 2 is 2.13 bits per heavy atom. The molecule has 0 bridgehead atoms. The molecule has 1 fully saturated rings. The van der Waals surface area contributed by atoms with Gasteiger partial charge in [0.05, 0.1) is 13.2 Å². The molecule has 0 spiro atoms. The third-order valence-corrected chi connectivity index (χ3v) is 2.15. The third kappa shape index (κ3) is 2.67. The summed E-state index contributed by atoms with van der Waals surface area (Å²) >= 11 is 0. The Morgan fingerprint density at radius 3 is 2.87 bits per heavy atom. The molecular formula is C11H13FO3. The molecule has 0 atom stereocenters. The van der Waals surface area contributed by atoms with Crippen molar-refractivity contribution in [1.29, 1.82) is 0 Å². The Labute approximate surface area is 87.8 Å². The summed E-state index contributed by atoms with van der Waals surface area (Å²) in [5.74, 6) is -0.118. The Hall–Kier alpha value is -1.13. The molecule has 1 saturated heterocycles. The minimum atomic E-state index is -0.370. The smallest absolute Gasteiger partial charge is 0.191 e. The van der Waals surface area contributed by atoms with Crippen LogP contribution in [0.25, 0.3) is 0 Å². The molecule has 0 N–H and O–H groups in total. The van der Waals surface area contributed by atoms with Crippen LogP contribution in [0.3, 0.4) is 0 Å². The highest BCUT2D eigenvalue weighted by molar-refractivity contribution is 5.29. The molecular weight excluding hydrogens is 199 g/mol. The van der Waals surface area contributed by atoms with E-state index in [9.17, 15) is 4.39 Å². The zero-order chi connectivity index (χ0) is 10.7. The maximum atomic E-state index is 13.2. The van der Waals surface area contributed by atoms with Crippen molar-refractivity contribution in [2.75, 3.05) is 19.8 Å². The highest BCUT2D eigenvalue weighted by Crippen LogP contribution is 2.19. The summed E-state index contributed by atoms with van der Waals surface area (Å²) in [6, 6.07) is 4.75. The van der Waals surface area contributed by atoms with Gasteiger partial charge in [0.1, 0.15) is 6.61 Å². The van der Waals surface area contributed by atoms with E-state index in [1.807, 2.05) is 6.92 Å². The van der Waals surface area contributed by atoms with Crippen molar-refractivity contribution in [2.45, 2.75) is 13.2 Å². The second-order valence-electron chi connectivity index (χ2n) is 3.42. The van der Waals surface area contributed by atoms with Gasteiger partial charge < -0.3 is 14.2 Å². The zero-order valence-electron chi connectivity index (χ0n) is 8.53. The molecule has 1 aliphatic heterocycles. The molecule has 0 radical (unpaired) electrons. The summed E-state index contributed by atoms with van der Waals surface area (Å²) in [6.07, 6.45) is -0.370. The summed E-state index contributed by atoms with van der Waals surface area (Å²) < 4.78 is 28.9. The van der Waals surface area contributed by atoms with Gasteiger partial charge in [-0.25, -0.2) is 4.39 Å². The number of hydrogen-bond acceptors (Lipinski definition) is 3. The van der Waals surface area contributed by atoms with Crippen molar-refractivity contribution in [2.24, 2.45) is 0 Å². The standard InChI is InChI=1S/C11H13FO3/c1-8-2-3-9(12)10(6-8)15-7-11-13-4-5-14-11/h2-3,6,11H,4-5,7H2,1H3. The van der Waals surface area contributed by atoms with Crippen molar-refractivity contribution in [1.82, 2.24) is 0 Å². The molecule has 4 heteroatoms. The van der Waals surface area contributed by atoms with E-state index < -0.39 is 0 Å². The number of hydrogen-bond donors (Lipinski definition) is 0. The van der Waals surface area contributed by atoms with E-state index in [-0.39, 0.29) is 24.5 Å². The van der Waals surface area contributed by atoms with Crippen LogP contribution in [0.4, 0.5) is 4.39 Å². The van der Waals surface area contributed by atoms with Crippen LogP contribution in [0.2, 0.25) is 0 Å².